The summed E-state index contributed by atoms with van der Waals surface area (Å²) in [6, 6.07) is 0. The fourth-order valence-electron chi connectivity index (χ4n) is 7.70. The fourth-order valence-corrected chi connectivity index (χ4v) is 7.70. The number of aliphatic hydroxyl groups is 2. The Morgan fingerprint density at radius 2 is 1.85 bits per heavy atom. The summed E-state index contributed by atoms with van der Waals surface area (Å²) in [5, 5.41) is 31.6. The summed E-state index contributed by atoms with van der Waals surface area (Å²) >= 11 is 0. The van der Waals surface area contributed by atoms with Crippen LogP contribution in [0.1, 0.15) is 71.6 Å². The van der Waals surface area contributed by atoms with Crippen LogP contribution in [-0.2, 0) is 23.9 Å². The molecule has 7 atom stereocenters. The predicted octanol–water partition coefficient (Wildman–Crippen LogP) is 2.20. The van der Waals surface area contributed by atoms with Crippen molar-refractivity contribution >= 4 is 23.5 Å². The van der Waals surface area contributed by atoms with Gasteiger partial charge in [-0.25, -0.2) is 0 Å². The molecule has 0 aromatic heterocycles. The van der Waals surface area contributed by atoms with Gasteiger partial charge in [-0.1, -0.05) is 19.4 Å². The van der Waals surface area contributed by atoms with Crippen molar-refractivity contribution < 1.29 is 39.2 Å². The van der Waals surface area contributed by atoms with Crippen LogP contribution < -0.4 is 0 Å². The average molecular weight is 463 g/mol. The normalized spacial score (nSPS) is 41.9. The van der Waals surface area contributed by atoms with Crippen LogP contribution in [0.3, 0.4) is 0 Å². The Bertz CT molecular complexity index is 908. The van der Waals surface area contributed by atoms with E-state index >= 15 is 0 Å². The third kappa shape index (κ3) is 3.75. The Balaban J connectivity index is 1.53. The maximum atomic E-state index is 13.1. The highest BCUT2D eigenvalue weighted by atomic mass is 16.5. The van der Waals surface area contributed by atoms with Crippen molar-refractivity contribution in [1.82, 2.24) is 0 Å². The van der Waals surface area contributed by atoms with Crippen molar-refractivity contribution in [2.45, 2.75) is 83.3 Å². The zero-order valence-electron chi connectivity index (χ0n) is 19.3. The van der Waals surface area contributed by atoms with Gasteiger partial charge in [0.05, 0.1) is 18.9 Å². The summed E-state index contributed by atoms with van der Waals surface area (Å²) in [6.45, 7) is 3.41. The first-order valence-corrected chi connectivity index (χ1v) is 12.0. The minimum Gasteiger partial charge on any atom is -0.481 e. The minimum absolute atomic E-state index is 0.0185. The highest BCUT2D eigenvalue weighted by Crippen LogP contribution is 2.67. The third-order valence-corrected chi connectivity index (χ3v) is 9.42. The third-order valence-electron chi connectivity index (χ3n) is 9.42. The van der Waals surface area contributed by atoms with Crippen molar-refractivity contribution in [1.29, 1.82) is 0 Å². The van der Waals surface area contributed by atoms with Gasteiger partial charge < -0.3 is 20.1 Å². The molecule has 4 aliphatic rings. The molecule has 0 spiro atoms. The smallest absolute Gasteiger partial charge is 0.306 e. The van der Waals surface area contributed by atoms with Crippen molar-refractivity contribution in [2.75, 3.05) is 6.61 Å². The predicted molar refractivity (Wildman–Crippen MR) is 116 cm³/mol. The van der Waals surface area contributed by atoms with Crippen molar-refractivity contribution in [2.24, 2.45) is 28.6 Å². The number of aliphatic carboxylic acids is 1. The Morgan fingerprint density at radius 3 is 2.55 bits per heavy atom. The molecule has 0 bridgehead atoms. The Morgan fingerprint density at radius 1 is 1.12 bits per heavy atom. The Kier molecular flexibility index (Phi) is 6.06. The van der Waals surface area contributed by atoms with Crippen LogP contribution in [0.5, 0.6) is 0 Å². The second-order valence-electron chi connectivity index (χ2n) is 11.0. The molecule has 0 aromatic carbocycles. The average Bonchev–Trinajstić information content (AvgIpc) is 3.02. The van der Waals surface area contributed by atoms with Crippen molar-refractivity contribution in [3.63, 3.8) is 0 Å². The number of hydrogen-bond donors (Lipinski definition) is 3. The van der Waals surface area contributed by atoms with Crippen molar-refractivity contribution in [3.8, 4) is 0 Å². The maximum Gasteiger partial charge on any atom is 0.306 e. The van der Waals surface area contributed by atoms with E-state index in [-0.39, 0.29) is 54.6 Å². The number of aliphatic hydroxyl groups excluding tert-OH is 1. The lowest BCUT2D eigenvalue weighted by atomic mass is 9.45. The first-order valence-electron chi connectivity index (χ1n) is 12.0. The summed E-state index contributed by atoms with van der Waals surface area (Å²) in [5.41, 5.74) is -1.68. The summed E-state index contributed by atoms with van der Waals surface area (Å²) in [7, 11) is 0. The zero-order chi connectivity index (χ0) is 24.2. The SMILES string of the molecule is C[C@]12CCC(=O)C=C1CCC1C2C(O)C[C@]2(C)C1CC[C@]2(O)C(=O)COC(=O)CCC(=O)O. The number of ether oxygens (including phenoxy) is 1. The molecule has 8 nitrogen and oxygen atoms in total. The summed E-state index contributed by atoms with van der Waals surface area (Å²) in [5.74, 6) is -2.20. The van der Waals surface area contributed by atoms with E-state index in [4.69, 9.17) is 9.84 Å². The van der Waals surface area contributed by atoms with E-state index in [0.717, 1.165) is 24.8 Å². The molecule has 33 heavy (non-hydrogen) atoms. The van der Waals surface area contributed by atoms with Gasteiger partial charge in [0.2, 0.25) is 5.78 Å². The lowest BCUT2D eigenvalue weighted by molar-refractivity contribution is -0.184. The number of rotatable bonds is 6. The Hall–Kier alpha value is -2.06. The molecular weight excluding hydrogens is 428 g/mol. The van der Waals surface area contributed by atoms with E-state index < -0.39 is 41.4 Å². The molecule has 0 radical (unpaired) electrons. The second-order valence-corrected chi connectivity index (χ2v) is 11.0. The monoisotopic (exact) mass is 462 g/mol. The molecule has 3 saturated carbocycles. The lowest BCUT2D eigenvalue weighted by Crippen LogP contribution is -2.62. The number of ketones is 2. The first kappa shape index (κ1) is 24.1. The molecule has 0 aromatic rings. The number of Topliss-reactive ketones (excluding diaryl/α,β-unsaturated/α-hetero) is 1. The highest BCUT2D eigenvalue weighted by Gasteiger charge is 2.68. The molecule has 3 N–H and O–H groups in total. The topological polar surface area (TPSA) is 138 Å². The number of esters is 1. The van der Waals surface area contributed by atoms with Crippen molar-refractivity contribution in [3.05, 3.63) is 11.6 Å². The largest absolute Gasteiger partial charge is 0.481 e. The second kappa shape index (κ2) is 8.31. The maximum absolute atomic E-state index is 13.1. The van der Waals surface area contributed by atoms with Gasteiger partial charge in [-0.05, 0) is 67.8 Å². The van der Waals surface area contributed by atoms with Gasteiger partial charge in [0.1, 0.15) is 5.60 Å². The summed E-state index contributed by atoms with van der Waals surface area (Å²) in [4.78, 5) is 47.5. The number of allylic oxidation sites excluding steroid dienone is 1. The number of carboxylic acids is 1. The lowest BCUT2D eigenvalue weighted by Gasteiger charge is -2.60. The van der Waals surface area contributed by atoms with Gasteiger partial charge in [-0.2, -0.15) is 0 Å². The van der Waals surface area contributed by atoms with Crippen LogP contribution in [0.15, 0.2) is 11.6 Å². The molecule has 0 aliphatic heterocycles. The molecule has 0 saturated heterocycles. The molecule has 8 heteroatoms. The zero-order valence-corrected chi connectivity index (χ0v) is 19.3. The number of fused-ring (bicyclic) bond motifs is 5. The van der Waals surface area contributed by atoms with E-state index in [1.807, 2.05) is 6.92 Å². The van der Waals surface area contributed by atoms with Gasteiger partial charge in [0, 0.05) is 11.8 Å². The van der Waals surface area contributed by atoms with Gasteiger partial charge in [0.15, 0.2) is 12.4 Å². The number of hydrogen-bond acceptors (Lipinski definition) is 7. The molecule has 0 amide bonds. The summed E-state index contributed by atoms with van der Waals surface area (Å²) in [6.07, 6.45) is 4.30. The molecule has 4 aliphatic carbocycles. The van der Waals surface area contributed by atoms with E-state index in [0.29, 0.717) is 12.8 Å². The molecule has 4 rings (SSSR count). The number of carbonyl (C=O) groups excluding carboxylic acids is 3. The van der Waals surface area contributed by atoms with E-state index in [2.05, 4.69) is 6.92 Å². The van der Waals surface area contributed by atoms with Crippen LogP contribution in [0.25, 0.3) is 0 Å². The molecule has 182 valence electrons. The van der Waals surface area contributed by atoms with Crippen LogP contribution in [0.2, 0.25) is 0 Å². The van der Waals surface area contributed by atoms with E-state index in [1.54, 1.807) is 6.08 Å². The first-order chi connectivity index (χ1) is 15.4. The van der Waals surface area contributed by atoms with Crippen LogP contribution in [0.4, 0.5) is 0 Å². The van der Waals surface area contributed by atoms with E-state index in [9.17, 15) is 29.4 Å². The van der Waals surface area contributed by atoms with Gasteiger partial charge in [-0.3, -0.25) is 19.2 Å². The molecule has 0 heterocycles. The summed E-state index contributed by atoms with van der Waals surface area (Å²) < 4.78 is 4.97. The van der Waals surface area contributed by atoms with Gasteiger partial charge in [-0.15, -0.1) is 0 Å². The number of carboxylic acid groups (broad SMARTS) is 1. The Labute approximate surface area is 193 Å². The standard InChI is InChI=1S/C25H34O8/c1-23-9-7-15(26)11-14(23)3-4-16-17-8-10-25(32,24(17,2)12-18(27)22(16)23)19(28)13-33-21(31)6-5-20(29)30/h11,16-18,22,27,32H,3-10,12-13H2,1-2H3,(H,29,30)/t16?,17?,18?,22?,23-,24+,25-/m0/s1. The molecule has 3 fully saturated rings. The fraction of sp³-hybridized carbons (Fsp3) is 0.760. The van der Waals surface area contributed by atoms with E-state index in [1.165, 1.54) is 0 Å². The van der Waals surface area contributed by atoms with Gasteiger partial charge in [0.25, 0.3) is 0 Å². The van der Waals surface area contributed by atoms with Gasteiger partial charge >= 0.3 is 11.9 Å². The molecular formula is C25H34O8. The molecule has 4 unspecified atom stereocenters. The quantitative estimate of drug-likeness (QED) is 0.511. The van der Waals surface area contributed by atoms with Crippen LogP contribution in [-0.4, -0.2) is 57.1 Å². The minimum atomic E-state index is -1.71. The highest BCUT2D eigenvalue weighted by molar-refractivity contribution is 5.92. The van der Waals surface area contributed by atoms with Crippen LogP contribution >= 0.6 is 0 Å². The number of carbonyl (C=O) groups is 4. The van der Waals surface area contributed by atoms with Crippen LogP contribution in [0, 0.1) is 28.6 Å².